The molecule has 0 saturated carbocycles. The second-order valence-corrected chi connectivity index (χ2v) is 5.47. The third-order valence-electron chi connectivity index (χ3n) is 3.39. The zero-order valence-corrected chi connectivity index (χ0v) is 12.5. The molecule has 0 spiro atoms. The number of benzene rings is 1. The number of ether oxygens (including phenoxy) is 1. The minimum absolute atomic E-state index is 0.299. The Morgan fingerprint density at radius 1 is 1.47 bits per heavy atom. The van der Waals surface area contributed by atoms with Crippen molar-refractivity contribution < 1.29 is 14.6 Å². The van der Waals surface area contributed by atoms with Crippen LogP contribution in [0.15, 0.2) is 22.7 Å². The van der Waals surface area contributed by atoms with Gasteiger partial charge in [0, 0.05) is 29.9 Å². The molecule has 1 saturated heterocycles. The number of anilines is 1. The van der Waals surface area contributed by atoms with Crippen LogP contribution in [0, 0.1) is 0 Å². The fourth-order valence-electron chi connectivity index (χ4n) is 2.39. The number of nitrogens with zero attached hydrogens (tertiary/aromatic N) is 1. The summed E-state index contributed by atoms with van der Waals surface area (Å²) in [6.45, 7) is 4.69. The molecule has 1 aromatic rings. The van der Waals surface area contributed by atoms with Crippen molar-refractivity contribution in [1.82, 2.24) is 0 Å². The van der Waals surface area contributed by atoms with Crippen LogP contribution in [0.2, 0.25) is 0 Å². The Hall–Kier alpha value is -1.07. The van der Waals surface area contributed by atoms with E-state index in [9.17, 15) is 4.79 Å². The Bertz CT molecular complexity index is 456. The average molecular weight is 328 g/mol. The minimum Gasteiger partial charge on any atom is -0.478 e. The number of hydrogen-bond acceptors (Lipinski definition) is 3. The molecular weight excluding hydrogens is 310 g/mol. The van der Waals surface area contributed by atoms with Gasteiger partial charge in [0.1, 0.15) is 0 Å². The molecule has 0 atom stereocenters. The molecule has 1 aromatic carbocycles. The largest absolute Gasteiger partial charge is 0.478 e. The van der Waals surface area contributed by atoms with E-state index in [4.69, 9.17) is 9.84 Å². The standard InChI is InChI=1S/C14H18BrNO3/c1-2-19-11-5-7-16(8-6-11)10-3-4-12(14(17)18)13(15)9-10/h3-4,9,11H,2,5-8H2,1H3,(H,17,18). The topological polar surface area (TPSA) is 49.8 Å². The molecule has 0 bridgehead atoms. The molecule has 0 aliphatic carbocycles. The maximum Gasteiger partial charge on any atom is 0.336 e. The minimum atomic E-state index is -0.909. The predicted molar refractivity (Wildman–Crippen MR) is 78.0 cm³/mol. The van der Waals surface area contributed by atoms with Gasteiger partial charge in [0.05, 0.1) is 11.7 Å². The van der Waals surface area contributed by atoms with Gasteiger partial charge in [0.2, 0.25) is 0 Å². The van der Waals surface area contributed by atoms with Crippen LogP contribution < -0.4 is 4.90 Å². The SMILES string of the molecule is CCOC1CCN(c2ccc(C(=O)O)c(Br)c2)CC1. The number of halogens is 1. The summed E-state index contributed by atoms with van der Waals surface area (Å²) in [6, 6.07) is 5.40. The third kappa shape index (κ3) is 3.48. The molecule has 1 heterocycles. The van der Waals surface area contributed by atoms with Gasteiger partial charge in [-0.3, -0.25) is 0 Å². The summed E-state index contributed by atoms with van der Waals surface area (Å²) in [5.74, 6) is -0.909. The molecule has 0 amide bonds. The number of carbonyl (C=O) groups is 1. The molecular formula is C14H18BrNO3. The molecule has 0 radical (unpaired) electrons. The van der Waals surface area contributed by atoms with Gasteiger partial charge in [0.25, 0.3) is 0 Å². The van der Waals surface area contributed by atoms with Crippen LogP contribution in [0.25, 0.3) is 0 Å². The summed E-state index contributed by atoms with van der Waals surface area (Å²) in [5, 5.41) is 9.00. The molecule has 4 nitrogen and oxygen atoms in total. The molecule has 0 aromatic heterocycles. The maximum absolute atomic E-state index is 11.0. The first-order valence-electron chi connectivity index (χ1n) is 6.51. The molecule has 2 rings (SSSR count). The number of aromatic carboxylic acids is 1. The van der Waals surface area contributed by atoms with Crippen LogP contribution >= 0.6 is 15.9 Å². The number of carboxylic acid groups (broad SMARTS) is 1. The Morgan fingerprint density at radius 3 is 2.68 bits per heavy atom. The Morgan fingerprint density at radius 2 is 2.16 bits per heavy atom. The highest BCUT2D eigenvalue weighted by molar-refractivity contribution is 9.10. The van der Waals surface area contributed by atoms with Crippen molar-refractivity contribution in [3.8, 4) is 0 Å². The smallest absolute Gasteiger partial charge is 0.336 e. The van der Waals surface area contributed by atoms with Gasteiger partial charge >= 0.3 is 5.97 Å². The Kier molecular flexibility index (Phi) is 4.82. The van der Waals surface area contributed by atoms with E-state index >= 15 is 0 Å². The van der Waals surface area contributed by atoms with E-state index in [1.165, 1.54) is 0 Å². The third-order valence-corrected chi connectivity index (χ3v) is 4.05. The van der Waals surface area contributed by atoms with Gasteiger partial charge in [-0.25, -0.2) is 4.79 Å². The monoisotopic (exact) mass is 327 g/mol. The molecule has 1 N–H and O–H groups in total. The van der Waals surface area contributed by atoms with Crippen molar-refractivity contribution in [3.63, 3.8) is 0 Å². The fourth-order valence-corrected chi connectivity index (χ4v) is 2.93. The lowest BCUT2D eigenvalue weighted by Crippen LogP contribution is -2.37. The van der Waals surface area contributed by atoms with Gasteiger partial charge in [-0.2, -0.15) is 0 Å². The van der Waals surface area contributed by atoms with Crippen LogP contribution in [0.4, 0.5) is 5.69 Å². The van der Waals surface area contributed by atoms with E-state index in [1.807, 2.05) is 19.1 Å². The van der Waals surface area contributed by atoms with Crippen LogP contribution in [0.5, 0.6) is 0 Å². The quantitative estimate of drug-likeness (QED) is 0.922. The predicted octanol–water partition coefficient (Wildman–Crippen LogP) is 3.15. The number of rotatable bonds is 4. The van der Waals surface area contributed by atoms with Crippen molar-refractivity contribution in [2.24, 2.45) is 0 Å². The van der Waals surface area contributed by atoms with Crippen LogP contribution in [0.3, 0.4) is 0 Å². The number of hydrogen-bond donors (Lipinski definition) is 1. The van der Waals surface area contributed by atoms with E-state index < -0.39 is 5.97 Å². The Balaban J connectivity index is 2.04. The van der Waals surface area contributed by atoms with E-state index in [-0.39, 0.29) is 0 Å². The van der Waals surface area contributed by atoms with Crippen LogP contribution in [0.1, 0.15) is 30.1 Å². The molecule has 1 fully saturated rings. The summed E-state index contributed by atoms with van der Waals surface area (Å²) in [6.07, 6.45) is 2.40. The second-order valence-electron chi connectivity index (χ2n) is 4.61. The number of carboxylic acids is 1. The molecule has 1 aliphatic heterocycles. The molecule has 104 valence electrons. The lowest BCUT2D eigenvalue weighted by atomic mass is 10.1. The lowest BCUT2D eigenvalue weighted by molar-refractivity contribution is 0.0459. The van der Waals surface area contributed by atoms with Gasteiger partial charge in [0.15, 0.2) is 0 Å². The average Bonchev–Trinajstić information content (AvgIpc) is 2.39. The molecule has 0 unspecified atom stereocenters. The first-order chi connectivity index (χ1) is 9.11. The molecule has 19 heavy (non-hydrogen) atoms. The first kappa shape index (κ1) is 14.3. The van der Waals surface area contributed by atoms with Crippen molar-refractivity contribution in [3.05, 3.63) is 28.2 Å². The van der Waals surface area contributed by atoms with Crippen molar-refractivity contribution in [1.29, 1.82) is 0 Å². The highest BCUT2D eigenvalue weighted by Crippen LogP contribution is 2.27. The Labute approximate surface area is 121 Å². The zero-order chi connectivity index (χ0) is 13.8. The summed E-state index contributed by atoms with van der Waals surface area (Å²) in [7, 11) is 0. The second kappa shape index (κ2) is 6.39. The van der Waals surface area contributed by atoms with Crippen molar-refractivity contribution in [2.45, 2.75) is 25.9 Å². The van der Waals surface area contributed by atoms with Crippen LogP contribution in [-0.4, -0.2) is 36.9 Å². The molecule has 5 heteroatoms. The van der Waals surface area contributed by atoms with Crippen molar-refractivity contribution in [2.75, 3.05) is 24.6 Å². The normalized spacial score (nSPS) is 16.6. The van der Waals surface area contributed by atoms with E-state index in [2.05, 4.69) is 20.8 Å². The molecule has 1 aliphatic rings. The van der Waals surface area contributed by atoms with Gasteiger partial charge in [-0.1, -0.05) is 0 Å². The van der Waals surface area contributed by atoms with E-state index in [0.29, 0.717) is 16.1 Å². The summed E-state index contributed by atoms with van der Waals surface area (Å²) >= 11 is 3.32. The van der Waals surface area contributed by atoms with Gasteiger partial charge in [-0.15, -0.1) is 0 Å². The lowest BCUT2D eigenvalue weighted by Gasteiger charge is -2.33. The van der Waals surface area contributed by atoms with Gasteiger partial charge in [-0.05, 0) is 53.9 Å². The van der Waals surface area contributed by atoms with E-state index in [1.54, 1.807) is 6.07 Å². The highest BCUT2D eigenvalue weighted by atomic mass is 79.9. The fraction of sp³-hybridized carbons (Fsp3) is 0.500. The van der Waals surface area contributed by atoms with E-state index in [0.717, 1.165) is 38.2 Å². The summed E-state index contributed by atoms with van der Waals surface area (Å²) in [4.78, 5) is 13.2. The van der Waals surface area contributed by atoms with Crippen LogP contribution in [-0.2, 0) is 4.74 Å². The highest BCUT2D eigenvalue weighted by Gasteiger charge is 2.20. The zero-order valence-electron chi connectivity index (χ0n) is 10.9. The maximum atomic E-state index is 11.0. The summed E-state index contributed by atoms with van der Waals surface area (Å²) < 4.78 is 6.26. The summed E-state index contributed by atoms with van der Waals surface area (Å²) in [5.41, 5.74) is 1.36. The first-order valence-corrected chi connectivity index (χ1v) is 7.30. The van der Waals surface area contributed by atoms with Crippen molar-refractivity contribution >= 4 is 27.6 Å². The number of piperidine rings is 1. The van der Waals surface area contributed by atoms with Gasteiger partial charge < -0.3 is 14.7 Å².